The lowest BCUT2D eigenvalue weighted by atomic mass is 9.72. The molecule has 1 aliphatic heterocycles. The normalized spacial score (nSPS) is 17.0. The molecular formula is C16H21ClN4. The zero-order chi connectivity index (χ0) is 14.9. The van der Waals surface area contributed by atoms with Crippen LogP contribution in [0.2, 0.25) is 5.02 Å². The van der Waals surface area contributed by atoms with Crippen molar-refractivity contribution in [3.05, 3.63) is 47.0 Å². The van der Waals surface area contributed by atoms with Gasteiger partial charge in [0, 0.05) is 36.5 Å². The lowest BCUT2D eigenvalue weighted by Gasteiger charge is -2.43. The summed E-state index contributed by atoms with van der Waals surface area (Å²) >= 11 is 6.01. The quantitative estimate of drug-likeness (QED) is 0.923. The van der Waals surface area contributed by atoms with E-state index in [0.29, 0.717) is 5.92 Å². The van der Waals surface area contributed by atoms with Gasteiger partial charge in [0.25, 0.3) is 0 Å². The molecule has 0 radical (unpaired) electrons. The molecule has 0 spiro atoms. The average Bonchev–Trinajstić information content (AvgIpc) is 2.81. The van der Waals surface area contributed by atoms with Crippen molar-refractivity contribution in [1.82, 2.24) is 20.1 Å². The number of hydrogen-bond donors (Lipinski definition) is 1. The van der Waals surface area contributed by atoms with E-state index in [1.807, 2.05) is 16.8 Å². The van der Waals surface area contributed by atoms with Crippen LogP contribution < -0.4 is 5.32 Å². The monoisotopic (exact) mass is 304 g/mol. The fraction of sp³-hybridized carbons (Fsp3) is 0.500. The van der Waals surface area contributed by atoms with Gasteiger partial charge in [-0.25, -0.2) is 9.67 Å². The van der Waals surface area contributed by atoms with E-state index in [1.165, 1.54) is 5.56 Å². The second-order valence-electron chi connectivity index (χ2n) is 6.32. The summed E-state index contributed by atoms with van der Waals surface area (Å²) in [7, 11) is 0. The topological polar surface area (TPSA) is 42.7 Å². The molecule has 0 atom stereocenters. The minimum Gasteiger partial charge on any atom is -0.315 e. The van der Waals surface area contributed by atoms with Gasteiger partial charge in [-0.3, -0.25) is 0 Å². The van der Waals surface area contributed by atoms with E-state index in [-0.39, 0.29) is 5.41 Å². The van der Waals surface area contributed by atoms with E-state index >= 15 is 0 Å². The maximum absolute atomic E-state index is 6.01. The molecular weight excluding hydrogens is 284 g/mol. The molecule has 1 saturated heterocycles. The van der Waals surface area contributed by atoms with Crippen LogP contribution in [-0.4, -0.2) is 27.9 Å². The molecule has 0 unspecified atom stereocenters. The third-order valence-electron chi connectivity index (χ3n) is 4.11. The molecule has 1 aromatic carbocycles. The van der Waals surface area contributed by atoms with E-state index in [2.05, 4.69) is 41.4 Å². The van der Waals surface area contributed by atoms with E-state index in [9.17, 15) is 0 Å². The molecule has 2 aromatic rings. The van der Waals surface area contributed by atoms with Crippen LogP contribution in [0.3, 0.4) is 0 Å². The summed E-state index contributed by atoms with van der Waals surface area (Å²) in [6.07, 6.45) is 2.58. The van der Waals surface area contributed by atoms with Gasteiger partial charge in [-0.15, -0.1) is 0 Å². The van der Waals surface area contributed by atoms with Crippen molar-refractivity contribution in [3.8, 4) is 0 Å². The standard InChI is InChI=1S/C16H21ClN4/c1-12(2)8-21-15(19-11-20-21)7-16(9-18-10-16)13-3-5-14(17)6-4-13/h3-6,11-12,18H,7-10H2,1-2H3. The average molecular weight is 305 g/mol. The van der Waals surface area contributed by atoms with Gasteiger partial charge in [0.2, 0.25) is 0 Å². The van der Waals surface area contributed by atoms with Crippen molar-refractivity contribution in [1.29, 1.82) is 0 Å². The predicted molar refractivity (Wildman–Crippen MR) is 84.6 cm³/mol. The van der Waals surface area contributed by atoms with Crippen LogP contribution in [-0.2, 0) is 18.4 Å². The molecule has 1 fully saturated rings. The summed E-state index contributed by atoms with van der Waals surface area (Å²) in [5.41, 5.74) is 1.44. The van der Waals surface area contributed by atoms with Crippen LogP contribution in [0.15, 0.2) is 30.6 Å². The first-order chi connectivity index (χ1) is 10.1. The third-order valence-corrected chi connectivity index (χ3v) is 4.37. The molecule has 2 heterocycles. The highest BCUT2D eigenvalue weighted by molar-refractivity contribution is 6.30. The lowest BCUT2D eigenvalue weighted by molar-refractivity contribution is 0.264. The molecule has 5 heteroatoms. The Bertz CT molecular complexity index is 599. The second-order valence-corrected chi connectivity index (χ2v) is 6.76. The van der Waals surface area contributed by atoms with Gasteiger partial charge in [0.1, 0.15) is 12.2 Å². The molecule has 1 aliphatic rings. The molecule has 21 heavy (non-hydrogen) atoms. The predicted octanol–water partition coefficient (Wildman–Crippen LogP) is 2.67. The number of benzene rings is 1. The molecule has 3 rings (SSSR count). The van der Waals surface area contributed by atoms with Crippen LogP contribution in [0.4, 0.5) is 0 Å². The third kappa shape index (κ3) is 2.97. The number of halogens is 1. The van der Waals surface area contributed by atoms with E-state index < -0.39 is 0 Å². The van der Waals surface area contributed by atoms with E-state index in [4.69, 9.17) is 11.6 Å². The minimum atomic E-state index is 0.117. The molecule has 112 valence electrons. The highest BCUT2D eigenvalue weighted by Crippen LogP contribution is 2.32. The number of nitrogens with zero attached hydrogens (tertiary/aromatic N) is 3. The van der Waals surface area contributed by atoms with Crippen molar-refractivity contribution in [3.63, 3.8) is 0 Å². The maximum atomic E-state index is 6.01. The smallest absolute Gasteiger partial charge is 0.138 e. The Balaban J connectivity index is 1.84. The minimum absolute atomic E-state index is 0.117. The fourth-order valence-corrected chi connectivity index (χ4v) is 3.01. The van der Waals surface area contributed by atoms with Gasteiger partial charge in [0.05, 0.1) is 0 Å². The Morgan fingerprint density at radius 3 is 2.57 bits per heavy atom. The highest BCUT2D eigenvalue weighted by atomic mass is 35.5. The molecule has 0 amide bonds. The number of nitrogens with one attached hydrogen (secondary N) is 1. The molecule has 0 bridgehead atoms. The number of rotatable bonds is 5. The zero-order valence-corrected chi connectivity index (χ0v) is 13.3. The summed E-state index contributed by atoms with van der Waals surface area (Å²) in [5.74, 6) is 1.64. The van der Waals surface area contributed by atoms with Crippen LogP contribution in [0, 0.1) is 5.92 Å². The highest BCUT2D eigenvalue weighted by Gasteiger charge is 2.40. The largest absolute Gasteiger partial charge is 0.315 e. The van der Waals surface area contributed by atoms with E-state index in [1.54, 1.807) is 6.33 Å². The summed E-state index contributed by atoms with van der Waals surface area (Å²) in [6.45, 7) is 7.27. The molecule has 1 aromatic heterocycles. The first kappa shape index (κ1) is 14.5. The summed E-state index contributed by atoms with van der Waals surface area (Å²) in [6, 6.07) is 8.20. The van der Waals surface area contributed by atoms with Crippen LogP contribution >= 0.6 is 11.6 Å². The van der Waals surface area contributed by atoms with Crippen molar-refractivity contribution in [2.24, 2.45) is 5.92 Å². The maximum Gasteiger partial charge on any atom is 0.138 e. The van der Waals surface area contributed by atoms with Gasteiger partial charge in [0.15, 0.2) is 0 Å². The van der Waals surface area contributed by atoms with Gasteiger partial charge in [-0.05, 0) is 23.6 Å². The van der Waals surface area contributed by atoms with Crippen molar-refractivity contribution in [2.75, 3.05) is 13.1 Å². The van der Waals surface area contributed by atoms with Crippen LogP contribution in [0.5, 0.6) is 0 Å². The number of aromatic nitrogens is 3. The Morgan fingerprint density at radius 2 is 2.00 bits per heavy atom. The van der Waals surface area contributed by atoms with Crippen molar-refractivity contribution in [2.45, 2.75) is 32.2 Å². The summed E-state index contributed by atoms with van der Waals surface area (Å²) in [4.78, 5) is 4.48. The first-order valence-electron chi connectivity index (χ1n) is 7.42. The SMILES string of the molecule is CC(C)Cn1ncnc1CC1(c2ccc(Cl)cc2)CNC1. The second kappa shape index (κ2) is 5.78. The van der Waals surface area contributed by atoms with E-state index in [0.717, 1.165) is 36.9 Å². The van der Waals surface area contributed by atoms with Gasteiger partial charge >= 0.3 is 0 Å². The van der Waals surface area contributed by atoms with Crippen LogP contribution in [0.1, 0.15) is 25.2 Å². The summed E-state index contributed by atoms with van der Waals surface area (Å²) < 4.78 is 2.04. The number of hydrogen-bond acceptors (Lipinski definition) is 3. The molecule has 0 aliphatic carbocycles. The molecule has 1 N–H and O–H groups in total. The first-order valence-corrected chi connectivity index (χ1v) is 7.80. The van der Waals surface area contributed by atoms with Crippen LogP contribution in [0.25, 0.3) is 0 Å². The Morgan fingerprint density at radius 1 is 1.29 bits per heavy atom. The Labute approximate surface area is 130 Å². The molecule has 4 nitrogen and oxygen atoms in total. The van der Waals surface area contributed by atoms with Crippen molar-refractivity contribution >= 4 is 11.6 Å². The summed E-state index contributed by atoms with van der Waals surface area (Å²) in [5, 5.41) is 8.55. The van der Waals surface area contributed by atoms with Gasteiger partial charge in [-0.1, -0.05) is 37.6 Å². The van der Waals surface area contributed by atoms with Gasteiger partial charge in [-0.2, -0.15) is 5.10 Å². The zero-order valence-electron chi connectivity index (χ0n) is 12.5. The van der Waals surface area contributed by atoms with Gasteiger partial charge < -0.3 is 5.32 Å². The fourth-order valence-electron chi connectivity index (χ4n) is 2.89. The van der Waals surface area contributed by atoms with Crippen molar-refractivity contribution < 1.29 is 0 Å². The Hall–Kier alpha value is -1.39. The Kier molecular flexibility index (Phi) is 4.00. The molecule has 0 saturated carbocycles. The lowest BCUT2D eigenvalue weighted by Crippen LogP contribution is -2.58.